The fraction of sp³-hybridized carbons (Fsp3) is 0.526. The van der Waals surface area contributed by atoms with Crippen molar-refractivity contribution < 1.29 is 22.4 Å². The van der Waals surface area contributed by atoms with Crippen LogP contribution in [-0.4, -0.2) is 45.5 Å². The number of aromatic nitrogens is 2. The van der Waals surface area contributed by atoms with Crippen LogP contribution in [0.4, 0.5) is 22.7 Å². The molecule has 1 saturated carbocycles. The molecule has 30 heavy (non-hydrogen) atoms. The lowest BCUT2D eigenvalue weighted by Gasteiger charge is -2.34. The number of halogens is 4. The molecular formula is C19H22F4N4OS2. The number of carbonyl (C=O) groups is 1. The monoisotopic (exact) mass is 462 g/mol. The first kappa shape index (κ1) is 22.8. The van der Waals surface area contributed by atoms with Crippen LogP contribution in [0.5, 0.6) is 0 Å². The molecule has 1 aliphatic carbocycles. The van der Waals surface area contributed by atoms with E-state index in [9.17, 15) is 22.4 Å². The van der Waals surface area contributed by atoms with Crippen LogP contribution in [0.25, 0.3) is 0 Å². The Morgan fingerprint density at radius 3 is 2.53 bits per heavy atom. The molecule has 5 nitrogen and oxygen atoms in total. The second kappa shape index (κ2) is 10.4. The van der Waals surface area contributed by atoms with Crippen LogP contribution in [0.2, 0.25) is 0 Å². The van der Waals surface area contributed by atoms with Crippen molar-refractivity contribution in [2.24, 2.45) is 0 Å². The molecule has 1 heterocycles. The van der Waals surface area contributed by atoms with Gasteiger partial charge >= 0.3 is 6.18 Å². The third kappa shape index (κ3) is 7.12. The highest BCUT2D eigenvalue weighted by atomic mass is 32.2. The maximum absolute atomic E-state index is 13.2. The highest BCUT2D eigenvalue weighted by molar-refractivity contribution is 8.01. The van der Waals surface area contributed by atoms with E-state index < -0.39 is 12.7 Å². The van der Waals surface area contributed by atoms with Gasteiger partial charge in [0.05, 0.1) is 5.75 Å². The van der Waals surface area contributed by atoms with Crippen molar-refractivity contribution in [2.45, 2.75) is 55.2 Å². The number of carbonyl (C=O) groups excluding carboxylic acids is 1. The molecule has 11 heteroatoms. The largest absolute Gasteiger partial charge is 0.405 e. The van der Waals surface area contributed by atoms with Crippen molar-refractivity contribution in [1.29, 1.82) is 0 Å². The molecule has 0 unspecified atom stereocenters. The van der Waals surface area contributed by atoms with Crippen LogP contribution < -0.4 is 5.32 Å². The van der Waals surface area contributed by atoms with Gasteiger partial charge in [-0.15, -0.1) is 10.2 Å². The molecule has 0 aliphatic heterocycles. The van der Waals surface area contributed by atoms with E-state index in [1.54, 1.807) is 12.1 Å². The van der Waals surface area contributed by atoms with E-state index in [0.717, 1.165) is 60.8 Å². The summed E-state index contributed by atoms with van der Waals surface area (Å²) in [6.07, 6.45) is 0.813. The lowest BCUT2D eigenvalue weighted by Crippen LogP contribution is -2.41. The van der Waals surface area contributed by atoms with Gasteiger partial charge in [0, 0.05) is 12.6 Å². The highest BCUT2D eigenvalue weighted by Gasteiger charge is 2.28. The Bertz CT molecular complexity index is 823. The van der Waals surface area contributed by atoms with Crippen molar-refractivity contribution in [1.82, 2.24) is 15.1 Å². The molecule has 0 radical (unpaired) electrons. The molecule has 3 rings (SSSR count). The van der Waals surface area contributed by atoms with Gasteiger partial charge in [-0.2, -0.15) is 13.2 Å². The van der Waals surface area contributed by atoms with Crippen molar-refractivity contribution in [2.75, 3.05) is 17.6 Å². The number of nitrogens with zero attached hydrogens (tertiary/aromatic N) is 3. The standard InChI is InChI=1S/C19H22F4N4OS2/c20-14-8-6-13(7-9-14)10-27(15-4-2-1-3-5-15)16(28)11-29-18-26-25-17(30-18)24-12-19(21,22)23/h6-9,15H,1-5,10-12H2,(H,24,25). The summed E-state index contributed by atoms with van der Waals surface area (Å²) < 4.78 is 50.5. The summed E-state index contributed by atoms with van der Waals surface area (Å²) in [4.78, 5) is 14.8. The summed E-state index contributed by atoms with van der Waals surface area (Å²) in [5.41, 5.74) is 0.856. The predicted molar refractivity (Wildman–Crippen MR) is 109 cm³/mol. The van der Waals surface area contributed by atoms with Gasteiger partial charge in [0.1, 0.15) is 12.4 Å². The van der Waals surface area contributed by atoms with E-state index in [1.807, 2.05) is 4.90 Å². The van der Waals surface area contributed by atoms with Gasteiger partial charge in [-0.25, -0.2) is 4.39 Å². The molecule has 164 valence electrons. The molecule has 1 aliphatic rings. The van der Waals surface area contributed by atoms with Gasteiger partial charge in [0.15, 0.2) is 4.34 Å². The molecule has 1 N–H and O–H groups in total. The Labute approximate surface area is 180 Å². The number of thioether (sulfide) groups is 1. The molecule has 1 aromatic carbocycles. The van der Waals surface area contributed by atoms with Crippen LogP contribution in [0.15, 0.2) is 28.6 Å². The van der Waals surface area contributed by atoms with E-state index >= 15 is 0 Å². The number of hydrogen-bond donors (Lipinski definition) is 1. The summed E-state index contributed by atoms with van der Waals surface area (Å²) in [6, 6.07) is 6.24. The van der Waals surface area contributed by atoms with Crippen molar-refractivity contribution in [3.8, 4) is 0 Å². The van der Waals surface area contributed by atoms with Crippen LogP contribution in [0, 0.1) is 5.82 Å². The van der Waals surface area contributed by atoms with Crippen LogP contribution in [0.3, 0.4) is 0 Å². The first-order chi connectivity index (χ1) is 14.3. The lowest BCUT2D eigenvalue weighted by molar-refractivity contribution is -0.132. The summed E-state index contributed by atoms with van der Waals surface area (Å²) in [7, 11) is 0. The summed E-state index contributed by atoms with van der Waals surface area (Å²) in [6.45, 7) is -0.781. The zero-order valence-electron chi connectivity index (χ0n) is 16.1. The molecule has 0 saturated heterocycles. The quantitative estimate of drug-likeness (QED) is 0.437. The first-order valence-corrected chi connectivity index (χ1v) is 11.4. The predicted octanol–water partition coefficient (Wildman–Crippen LogP) is 5.11. The minimum Gasteiger partial charge on any atom is -0.351 e. The van der Waals surface area contributed by atoms with E-state index in [4.69, 9.17) is 0 Å². The number of hydrogen-bond acceptors (Lipinski definition) is 6. The minimum atomic E-state index is -4.34. The second-order valence-electron chi connectivity index (χ2n) is 7.07. The number of anilines is 1. The SMILES string of the molecule is O=C(CSc1nnc(NCC(F)(F)F)s1)N(Cc1ccc(F)cc1)C1CCCCC1. The minimum absolute atomic E-state index is 0.0673. The Hall–Kier alpha value is -1.88. The lowest BCUT2D eigenvalue weighted by atomic mass is 9.94. The number of nitrogens with one attached hydrogen (secondary N) is 1. The third-order valence-electron chi connectivity index (χ3n) is 4.77. The van der Waals surface area contributed by atoms with E-state index in [1.165, 1.54) is 12.1 Å². The molecule has 0 spiro atoms. The van der Waals surface area contributed by atoms with Gasteiger partial charge in [0.25, 0.3) is 0 Å². The Morgan fingerprint density at radius 2 is 1.87 bits per heavy atom. The normalized spacial score (nSPS) is 15.2. The molecule has 1 aromatic heterocycles. The van der Waals surface area contributed by atoms with E-state index in [0.29, 0.717) is 10.9 Å². The molecular weight excluding hydrogens is 440 g/mol. The van der Waals surface area contributed by atoms with Crippen LogP contribution in [0.1, 0.15) is 37.7 Å². The third-order valence-corrected chi connectivity index (χ3v) is 6.77. The number of alkyl halides is 3. The van der Waals surface area contributed by atoms with Crippen molar-refractivity contribution >= 4 is 34.1 Å². The smallest absolute Gasteiger partial charge is 0.351 e. The van der Waals surface area contributed by atoms with Gasteiger partial charge in [-0.05, 0) is 30.5 Å². The average molecular weight is 463 g/mol. The summed E-state index contributed by atoms with van der Waals surface area (Å²) >= 11 is 2.15. The average Bonchev–Trinajstić information content (AvgIpc) is 3.18. The molecule has 1 fully saturated rings. The summed E-state index contributed by atoms with van der Waals surface area (Å²) in [5.74, 6) is -0.279. The van der Waals surface area contributed by atoms with Crippen LogP contribution in [-0.2, 0) is 11.3 Å². The number of benzene rings is 1. The maximum atomic E-state index is 13.2. The highest BCUT2D eigenvalue weighted by Crippen LogP contribution is 2.29. The second-order valence-corrected chi connectivity index (χ2v) is 9.27. The maximum Gasteiger partial charge on any atom is 0.405 e. The van der Waals surface area contributed by atoms with Crippen molar-refractivity contribution in [3.63, 3.8) is 0 Å². The van der Waals surface area contributed by atoms with Gasteiger partial charge in [-0.3, -0.25) is 4.79 Å². The zero-order valence-corrected chi connectivity index (χ0v) is 17.8. The van der Waals surface area contributed by atoms with Gasteiger partial charge in [0.2, 0.25) is 11.0 Å². The van der Waals surface area contributed by atoms with Crippen LogP contribution >= 0.6 is 23.1 Å². The Kier molecular flexibility index (Phi) is 7.93. The van der Waals surface area contributed by atoms with E-state index in [2.05, 4.69) is 15.5 Å². The fourth-order valence-electron chi connectivity index (χ4n) is 3.32. The van der Waals surface area contributed by atoms with Gasteiger partial charge < -0.3 is 10.2 Å². The number of rotatable bonds is 8. The van der Waals surface area contributed by atoms with Gasteiger partial charge in [-0.1, -0.05) is 54.5 Å². The zero-order chi connectivity index (χ0) is 21.6. The fourth-order valence-corrected chi connectivity index (χ4v) is 4.96. The molecule has 2 aromatic rings. The Balaban J connectivity index is 1.60. The first-order valence-electron chi connectivity index (χ1n) is 9.61. The van der Waals surface area contributed by atoms with E-state index in [-0.39, 0.29) is 28.7 Å². The topological polar surface area (TPSA) is 58.1 Å². The Morgan fingerprint density at radius 1 is 1.17 bits per heavy atom. The molecule has 0 bridgehead atoms. The van der Waals surface area contributed by atoms with Crippen molar-refractivity contribution in [3.05, 3.63) is 35.6 Å². The number of amides is 1. The molecule has 1 amide bonds. The summed E-state index contributed by atoms with van der Waals surface area (Å²) in [5, 5.41) is 9.78. The molecule has 0 atom stereocenters.